The molecule has 3 N–H and O–H groups in total. The van der Waals surface area contributed by atoms with E-state index in [0.29, 0.717) is 18.2 Å². The number of carbonyl (C=O) groups is 1. The Labute approximate surface area is 114 Å². The minimum absolute atomic E-state index is 0.0814. The molecule has 0 atom stereocenters. The van der Waals surface area contributed by atoms with Gasteiger partial charge in [0.15, 0.2) is 0 Å². The van der Waals surface area contributed by atoms with Crippen molar-refractivity contribution in [1.82, 2.24) is 15.5 Å². The molecule has 108 valence electrons. The SMILES string of the molecule is CCC(CC)(CO)CNC(=O)c1cc(C(C)C)[nH]n1. The maximum Gasteiger partial charge on any atom is 0.271 e. The van der Waals surface area contributed by atoms with E-state index in [0.717, 1.165) is 18.5 Å². The van der Waals surface area contributed by atoms with Crippen LogP contribution in [-0.2, 0) is 0 Å². The third-order valence-corrected chi connectivity index (χ3v) is 3.91. The minimum Gasteiger partial charge on any atom is -0.396 e. The van der Waals surface area contributed by atoms with Crippen molar-refractivity contribution in [3.63, 3.8) is 0 Å². The molecule has 1 aromatic rings. The van der Waals surface area contributed by atoms with Crippen molar-refractivity contribution < 1.29 is 9.90 Å². The first-order valence-corrected chi connectivity index (χ1v) is 6.92. The van der Waals surface area contributed by atoms with Crippen LogP contribution in [0.15, 0.2) is 6.07 Å². The van der Waals surface area contributed by atoms with E-state index >= 15 is 0 Å². The summed E-state index contributed by atoms with van der Waals surface area (Å²) in [4.78, 5) is 12.0. The van der Waals surface area contributed by atoms with E-state index in [1.807, 2.05) is 27.7 Å². The molecule has 0 aliphatic rings. The molecule has 19 heavy (non-hydrogen) atoms. The summed E-state index contributed by atoms with van der Waals surface area (Å²) in [5.74, 6) is 0.125. The molecular formula is C14H25N3O2. The molecule has 0 bridgehead atoms. The second-order valence-electron chi connectivity index (χ2n) is 5.41. The number of hydrogen-bond donors (Lipinski definition) is 3. The van der Waals surface area contributed by atoms with Gasteiger partial charge in [0.2, 0.25) is 0 Å². The summed E-state index contributed by atoms with van der Waals surface area (Å²) in [6, 6.07) is 1.78. The lowest BCUT2D eigenvalue weighted by atomic mass is 9.83. The Morgan fingerprint density at radius 1 is 1.47 bits per heavy atom. The highest BCUT2D eigenvalue weighted by Crippen LogP contribution is 2.24. The molecule has 0 aliphatic heterocycles. The van der Waals surface area contributed by atoms with E-state index < -0.39 is 0 Å². The minimum atomic E-state index is -0.229. The Bertz CT molecular complexity index is 400. The van der Waals surface area contributed by atoms with E-state index in [9.17, 15) is 9.90 Å². The van der Waals surface area contributed by atoms with Crippen LogP contribution >= 0.6 is 0 Å². The lowest BCUT2D eigenvalue weighted by Crippen LogP contribution is -2.39. The van der Waals surface area contributed by atoms with Crippen LogP contribution in [0.25, 0.3) is 0 Å². The Kier molecular flexibility index (Phi) is 5.54. The molecule has 0 aromatic carbocycles. The quantitative estimate of drug-likeness (QED) is 0.707. The van der Waals surface area contributed by atoms with Gasteiger partial charge < -0.3 is 10.4 Å². The summed E-state index contributed by atoms with van der Waals surface area (Å²) in [6.07, 6.45) is 1.66. The molecule has 0 saturated heterocycles. The van der Waals surface area contributed by atoms with Crippen molar-refractivity contribution in [2.45, 2.75) is 46.5 Å². The zero-order valence-electron chi connectivity index (χ0n) is 12.3. The molecular weight excluding hydrogens is 242 g/mol. The number of hydrogen-bond acceptors (Lipinski definition) is 3. The fourth-order valence-electron chi connectivity index (χ4n) is 1.89. The first kappa shape index (κ1) is 15.7. The standard InChI is InChI=1S/C14H25N3O2/c1-5-14(6-2,9-18)8-15-13(19)12-7-11(10(3)4)16-17-12/h7,10,18H,5-6,8-9H2,1-4H3,(H,15,19)(H,16,17). The van der Waals surface area contributed by atoms with Gasteiger partial charge in [-0.25, -0.2) is 0 Å². The Hall–Kier alpha value is -1.36. The molecule has 0 aliphatic carbocycles. The number of carbonyl (C=O) groups excluding carboxylic acids is 1. The summed E-state index contributed by atoms with van der Waals surface area (Å²) in [6.45, 7) is 8.69. The highest BCUT2D eigenvalue weighted by molar-refractivity contribution is 5.92. The van der Waals surface area contributed by atoms with Gasteiger partial charge in [-0.2, -0.15) is 5.10 Å². The molecule has 0 radical (unpaired) electrons. The van der Waals surface area contributed by atoms with Crippen molar-refractivity contribution in [3.05, 3.63) is 17.5 Å². The van der Waals surface area contributed by atoms with Gasteiger partial charge in [0.25, 0.3) is 5.91 Å². The van der Waals surface area contributed by atoms with Gasteiger partial charge in [0.05, 0.1) is 6.61 Å². The third-order valence-electron chi connectivity index (χ3n) is 3.91. The predicted molar refractivity (Wildman–Crippen MR) is 75.1 cm³/mol. The predicted octanol–water partition coefficient (Wildman–Crippen LogP) is 2.06. The lowest BCUT2D eigenvalue weighted by Gasteiger charge is -2.29. The lowest BCUT2D eigenvalue weighted by molar-refractivity contribution is 0.0847. The summed E-state index contributed by atoms with van der Waals surface area (Å²) in [7, 11) is 0. The maximum atomic E-state index is 12.0. The summed E-state index contributed by atoms with van der Waals surface area (Å²) in [5.41, 5.74) is 1.12. The number of rotatable bonds is 7. The van der Waals surface area contributed by atoms with Gasteiger partial charge in [0, 0.05) is 17.7 Å². The highest BCUT2D eigenvalue weighted by atomic mass is 16.3. The van der Waals surface area contributed by atoms with Crippen molar-refractivity contribution >= 4 is 5.91 Å². The van der Waals surface area contributed by atoms with Crippen LogP contribution in [-0.4, -0.2) is 34.4 Å². The monoisotopic (exact) mass is 267 g/mol. The molecule has 1 amide bonds. The first-order valence-electron chi connectivity index (χ1n) is 6.92. The summed E-state index contributed by atoms with van der Waals surface area (Å²) < 4.78 is 0. The zero-order chi connectivity index (χ0) is 14.5. The van der Waals surface area contributed by atoms with Crippen molar-refractivity contribution in [2.75, 3.05) is 13.2 Å². The van der Waals surface area contributed by atoms with Crippen LogP contribution in [0.5, 0.6) is 0 Å². The molecule has 1 rings (SSSR count). The largest absolute Gasteiger partial charge is 0.396 e. The second kappa shape index (κ2) is 6.70. The average molecular weight is 267 g/mol. The van der Waals surface area contributed by atoms with Gasteiger partial charge in [0.1, 0.15) is 5.69 Å². The topological polar surface area (TPSA) is 78.0 Å². The highest BCUT2D eigenvalue weighted by Gasteiger charge is 2.26. The molecule has 0 saturated carbocycles. The molecule has 0 unspecified atom stereocenters. The Balaban J connectivity index is 2.64. The zero-order valence-corrected chi connectivity index (χ0v) is 12.3. The van der Waals surface area contributed by atoms with Crippen LogP contribution < -0.4 is 5.32 Å². The van der Waals surface area contributed by atoms with E-state index in [2.05, 4.69) is 15.5 Å². The smallest absolute Gasteiger partial charge is 0.271 e. The van der Waals surface area contributed by atoms with E-state index in [1.54, 1.807) is 6.07 Å². The normalized spacial score (nSPS) is 11.9. The first-order chi connectivity index (χ1) is 8.98. The van der Waals surface area contributed by atoms with E-state index in [-0.39, 0.29) is 17.9 Å². The molecule has 0 spiro atoms. The molecule has 1 aromatic heterocycles. The van der Waals surface area contributed by atoms with E-state index in [1.165, 1.54) is 0 Å². The number of aliphatic hydroxyl groups excluding tert-OH is 1. The number of aliphatic hydroxyl groups is 1. The van der Waals surface area contributed by atoms with Crippen LogP contribution in [0.1, 0.15) is 62.6 Å². The number of aromatic amines is 1. The maximum absolute atomic E-state index is 12.0. The van der Waals surface area contributed by atoms with Gasteiger partial charge in [-0.3, -0.25) is 9.89 Å². The van der Waals surface area contributed by atoms with Crippen LogP contribution in [0, 0.1) is 5.41 Å². The van der Waals surface area contributed by atoms with Gasteiger partial charge in [-0.15, -0.1) is 0 Å². The Morgan fingerprint density at radius 3 is 2.53 bits per heavy atom. The van der Waals surface area contributed by atoms with Crippen LogP contribution in [0.2, 0.25) is 0 Å². The number of amides is 1. The van der Waals surface area contributed by atoms with Crippen molar-refractivity contribution in [1.29, 1.82) is 0 Å². The van der Waals surface area contributed by atoms with Gasteiger partial charge in [-0.05, 0) is 24.8 Å². The van der Waals surface area contributed by atoms with Crippen molar-refractivity contribution in [2.24, 2.45) is 5.41 Å². The second-order valence-corrected chi connectivity index (χ2v) is 5.41. The van der Waals surface area contributed by atoms with E-state index in [4.69, 9.17) is 0 Å². The molecule has 1 heterocycles. The Morgan fingerprint density at radius 2 is 2.11 bits per heavy atom. The van der Waals surface area contributed by atoms with Crippen LogP contribution in [0.3, 0.4) is 0 Å². The summed E-state index contributed by atoms with van der Waals surface area (Å²) >= 11 is 0. The molecule has 5 nitrogen and oxygen atoms in total. The van der Waals surface area contributed by atoms with Crippen molar-refractivity contribution in [3.8, 4) is 0 Å². The van der Waals surface area contributed by atoms with Gasteiger partial charge >= 0.3 is 0 Å². The fraction of sp³-hybridized carbons (Fsp3) is 0.714. The average Bonchev–Trinajstić information content (AvgIpc) is 2.90. The fourth-order valence-corrected chi connectivity index (χ4v) is 1.89. The number of H-pyrrole nitrogens is 1. The molecule has 0 fully saturated rings. The van der Waals surface area contributed by atoms with Crippen LogP contribution in [0.4, 0.5) is 0 Å². The third kappa shape index (κ3) is 3.80. The number of aromatic nitrogens is 2. The van der Waals surface area contributed by atoms with Gasteiger partial charge in [-0.1, -0.05) is 27.7 Å². The number of nitrogens with one attached hydrogen (secondary N) is 2. The summed E-state index contributed by atoms with van der Waals surface area (Å²) in [5, 5.41) is 19.2. The molecule has 5 heteroatoms. The number of nitrogens with zero attached hydrogens (tertiary/aromatic N) is 1.